The average Bonchev–Trinajstić information content (AvgIpc) is 2.72. The number of thiazole rings is 1. The molecule has 1 aromatic heterocycles. The van der Waals surface area contributed by atoms with Crippen LogP contribution in [0.3, 0.4) is 0 Å². The minimum absolute atomic E-state index is 0.0345. The number of carbonyl (C=O) groups is 2. The predicted octanol–water partition coefficient (Wildman–Crippen LogP) is 0.205. The second kappa shape index (κ2) is 6.09. The van der Waals surface area contributed by atoms with E-state index >= 15 is 0 Å². The van der Waals surface area contributed by atoms with Crippen LogP contribution in [0.2, 0.25) is 0 Å². The summed E-state index contributed by atoms with van der Waals surface area (Å²) in [4.78, 5) is 29.0. The summed E-state index contributed by atoms with van der Waals surface area (Å²) in [6.07, 6.45) is 0. The second-order valence-electron chi connectivity index (χ2n) is 4.30. The van der Waals surface area contributed by atoms with Gasteiger partial charge in [0.15, 0.2) is 10.8 Å². The number of aromatic nitrogens is 1. The molecule has 2 rings (SSSR count). The highest BCUT2D eigenvalue weighted by atomic mass is 32.1. The van der Waals surface area contributed by atoms with Gasteiger partial charge in [-0.1, -0.05) is 11.3 Å². The van der Waals surface area contributed by atoms with E-state index in [0.717, 1.165) is 26.2 Å². The first-order valence-electron chi connectivity index (χ1n) is 6.00. The molecule has 0 unspecified atom stereocenters. The zero-order valence-corrected chi connectivity index (χ0v) is 11.4. The van der Waals surface area contributed by atoms with E-state index in [9.17, 15) is 9.59 Å². The number of carboxylic acid groups (broad SMARTS) is 1. The van der Waals surface area contributed by atoms with Crippen LogP contribution in [0.25, 0.3) is 0 Å². The number of nitrogens with zero attached hydrogens (tertiary/aromatic N) is 2. The third-order valence-corrected chi connectivity index (χ3v) is 3.72. The maximum Gasteiger partial charge on any atom is 0.355 e. The molecule has 1 aromatic rings. The number of nitrogens with one attached hydrogen (secondary N) is 2. The average molecular weight is 284 g/mol. The molecule has 1 fully saturated rings. The summed E-state index contributed by atoms with van der Waals surface area (Å²) in [7, 11) is 0. The molecule has 1 aliphatic heterocycles. The van der Waals surface area contributed by atoms with Gasteiger partial charge in [0.05, 0.1) is 4.88 Å². The summed E-state index contributed by atoms with van der Waals surface area (Å²) in [5.74, 6) is -1.31. The third kappa shape index (κ3) is 3.72. The number of hydrogen-bond acceptors (Lipinski definition) is 6. The molecule has 0 bridgehead atoms. The molecule has 1 saturated heterocycles. The molecule has 104 valence electrons. The van der Waals surface area contributed by atoms with Crippen molar-refractivity contribution >= 4 is 28.3 Å². The topological polar surface area (TPSA) is 94.6 Å². The largest absolute Gasteiger partial charge is 0.476 e. The van der Waals surface area contributed by atoms with Crippen LogP contribution in [0, 0.1) is 0 Å². The van der Waals surface area contributed by atoms with Gasteiger partial charge in [0.25, 0.3) is 0 Å². The lowest BCUT2D eigenvalue weighted by Crippen LogP contribution is -2.42. The number of hydrogen-bond donors (Lipinski definition) is 3. The van der Waals surface area contributed by atoms with Gasteiger partial charge in [-0.15, -0.1) is 0 Å². The van der Waals surface area contributed by atoms with Crippen molar-refractivity contribution in [2.45, 2.75) is 13.5 Å². The molecule has 0 spiro atoms. The maximum absolute atomic E-state index is 11.2. The number of amides is 1. The number of anilines is 1. The zero-order chi connectivity index (χ0) is 13.8. The first kappa shape index (κ1) is 13.9. The van der Waals surface area contributed by atoms with Crippen LogP contribution in [0.15, 0.2) is 0 Å². The van der Waals surface area contributed by atoms with E-state index in [0.29, 0.717) is 16.6 Å². The van der Waals surface area contributed by atoms with Crippen molar-refractivity contribution in [1.82, 2.24) is 15.2 Å². The molecule has 0 aliphatic carbocycles. The molecule has 7 nitrogen and oxygen atoms in total. The SMILES string of the molecule is CC(=O)Nc1nc(C(=O)O)c(CN2CCNCC2)s1. The van der Waals surface area contributed by atoms with Crippen LogP contribution in [0.1, 0.15) is 22.3 Å². The van der Waals surface area contributed by atoms with Crippen molar-refractivity contribution in [3.63, 3.8) is 0 Å². The lowest BCUT2D eigenvalue weighted by molar-refractivity contribution is -0.114. The Morgan fingerprint density at radius 1 is 1.47 bits per heavy atom. The van der Waals surface area contributed by atoms with Gasteiger partial charge in [-0.3, -0.25) is 9.69 Å². The second-order valence-corrected chi connectivity index (χ2v) is 5.39. The van der Waals surface area contributed by atoms with Crippen molar-refractivity contribution in [1.29, 1.82) is 0 Å². The van der Waals surface area contributed by atoms with E-state index in [-0.39, 0.29) is 11.6 Å². The molecule has 0 radical (unpaired) electrons. The standard InChI is InChI=1S/C11H16N4O3S/c1-7(16)13-11-14-9(10(17)18)8(19-11)6-15-4-2-12-3-5-15/h12H,2-6H2,1H3,(H,17,18)(H,13,14,16). The number of piperazine rings is 1. The molecule has 1 amide bonds. The first-order valence-corrected chi connectivity index (χ1v) is 6.81. The van der Waals surface area contributed by atoms with Gasteiger partial charge < -0.3 is 15.7 Å². The zero-order valence-electron chi connectivity index (χ0n) is 10.6. The van der Waals surface area contributed by atoms with Gasteiger partial charge >= 0.3 is 5.97 Å². The molecular weight excluding hydrogens is 268 g/mol. The highest BCUT2D eigenvalue weighted by molar-refractivity contribution is 7.16. The lowest BCUT2D eigenvalue weighted by atomic mass is 10.3. The third-order valence-electron chi connectivity index (χ3n) is 2.76. The monoisotopic (exact) mass is 284 g/mol. The summed E-state index contributed by atoms with van der Waals surface area (Å²) in [6, 6.07) is 0. The summed E-state index contributed by atoms with van der Waals surface area (Å²) in [6.45, 7) is 5.50. The Morgan fingerprint density at radius 3 is 2.74 bits per heavy atom. The van der Waals surface area contributed by atoms with Crippen LogP contribution >= 0.6 is 11.3 Å². The molecule has 0 aromatic carbocycles. The van der Waals surface area contributed by atoms with E-state index in [1.807, 2.05) is 0 Å². The van der Waals surface area contributed by atoms with E-state index in [1.54, 1.807) is 0 Å². The van der Waals surface area contributed by atoms with Crippen LogP contribution < -0.4 is 10.6 Å². The molecule has 3 N–H and O–H groups in total. The Balaban J connectivity index is 2.14. The summed E-state index contributed by atoms with van der Waals surface area (Å²) >= 11 is 1.22. The molecule has 2 heterocycles. The van der Waals surface area contributed by atoms with Gasteiger partial charge in [0, 0.05) is 39.6 Å². The molecular formula is C11H16N4O3S. The fourth-order valence-corrected chi connectivity index (χ4v) is 2.94. The quantitative estimate of drug-likeness (QED) is 0.731. The molecule has 0 saturated carbocycles. The van der Waals surface area contributed by atoms with E-state index in [2.05, 4.69) is 20.5 Å². The first-order chi connectivity index (χ1) is 9.06. The van der Waals surface area contributed by atoms with E-state index < -0.39 is 5.97 Å². The Hall–Kier alpha value is -1.51. The van der Waals surface area contributed by atoms with Crippen LogP contribution in [-0.4, -0.2) is 53.0 Å². The van der Waals surface area contributed by atoms with Gasteiger partial charge in [0.2, 0.25) is 5.91 Å². The highest BCUT2D eigenvalue weighted by Gasteiger charge is 2.20. The fraction of sp³-hybridized carbons (Fsp3) is 0.545. The highest BCUT2D eigenvalue weighted by Crippen LogP contribution is 2.24. The summed E-state index contributed by atoms with van der Waals surface area (Å²) in [5.41, 5.74) is 0.0345. The molecule has 8 heteroatoms. The lowest BCUT2D eigenvalue weighted by Gasteiger charge is -2.26. The van der Waals surface area contributed by atoms with E-state index in [1.165, 1.54) is 18.3 Å². The summed E-state index contributed by atoms with van der Waals surface area (Å²) < 4.78 is 0. The number of carbonyl (C=O) groups excluding carboxylic acids is 1. The normalized spacial score (nSPS) is 16.3. The summed E-state index contributed by atoms with van der Waals surface area (Å²) in [5, 5.41) is 15.3. The Bertz CT molecular complexity index is 482. The minimum atomic E-state index is -1.06. The molecule has 19 heavy (non-hydrogen) atoms. The fourth-order valence-electron chi connectivity index (χ4n) is 1.90. The van der Waals surface area contributed by atoms with Gasteiger partial charge in [0.1, 0.15) is 0 Å². The van der Waals surface area contributed by atoms with Crippen molar-refractivity contribution in [2.75, 3.05) is 31.5 Å². The van der Waals surface area contributed by atoms with Crippen molar-refractivity contribution in [2.24, 2.45) is 0 Å². The van der Waals surface area contributed by atoms with Crippen molar-refractivity contribution in [3.05, 3.63) is 10.6 Å². The smallest absolute Gasteiger partial charge is 0.355 e. The number of rotatable bonds is 4. The number of aromatic carboxylic acids is 1. The van der Waals surface area contributed by atoms with Gasteiger partial charge in [-0.2, -0.15) is 0 Å². The van der Waals surface area contributed by atoms with Crippen molar-refractivity contribution < 1.29 is 14.7 Å². The number of carboxylic acids is 1. The van der Waals surface area contributed by atoms with Crippen LogP contribution in [0.4, 0.5) is 5.13 Å². The Kier molecular flexibility index (Phi) is 4.46. The van der Waals surface area contributed by atoms with Crippen molar-refractivity contribution in [3.8, 4) is 0 Å². The Labute approximate surface area is 114 Å². The molecule has 1 aliphatic rings. The van der Waals surface area contributed by atoms with Crippen LogP contribution in [0.5, 0.6) is 0 Å². The van der Waals surface area contributed by atoms with E-state index in [4.69, 9.17) is 5.11 Å². The van der Waals surface area contributed by atoms with Crippen LogP contribution in [-0.2, 0) is 11.3 Å². The maximum atomic E-state index is 11.2. The predicted molar refractivity (Wildman–Crippen MR) is 71.5 cm³/mol. The Morgan fingerprint density at radius 2 is 2.16 bits per heavy atom. The van der Waals surface area contributed by atoms with Gasteiger partial charge in [-0.25, -0.2) is 9.78 Å². The minimum Gasteiger partial charge on any atom is -0.476 e. The van der Waals surface area contributed by atoms with Gasteiger partial charge in [-0.05, 0) is 0 Å². The molecule has 0 atom stereocenters.